The fourth-order valence-electron chi connectivity index (χ4n) is 4.38. The highest BCUT2D eigenvalue weighted by Crippen LogP contribution is 2.51. The lowest BCUT2D eigenvalue weighted by Crippen LogP contribution is -2.27. The Morgan fingerprint density at radius 2 is 1.74 bits per heavy atom. The van der Waals surface area contributed by atoms with Gasteiger partial charge in [-0.15, -0.1) is 0 Å². The second-order valence-electron chi connectivity index (χ2n) is 8.56. The number of amides is 1. The van der Waals surface area contributed by atoms with Crippen LogP contribution < -0.4 is 19.5 Å². The number of hydrogen-bond acceptors (Lipinski definition) is 5. The molecule has 2 N–H and O–H groups in total. The standard InChI is InChI=1S/C26H26N2O5S.H2/c1-3-17-4-8-20(15-22(17)18-5-9-21(10-6-18)34(30,31)27-2)28-25(29)26(12-13-26)19-7-11-23-24(14-19)33-16-32-23;/h4-11,14-15,27H,3,12-13,16H2,1-2H3,(H,28,29);1H. The molecule has 3 aromatic carbocycles. The van der Waals surface area contributed by atoms with Crippen molar-refractivity contribution in [2.75, 3.05) is 19.2 Å². The number of nitrogens with one attached hydrogen (secondary N) is 2. The molecule has 0 unspecified atom stereocenters. The summed E-state index contributed by atoms with van der Waals surface area (Å²) < 4.78 is 37.3. The number of anilines is 1. The number of carbonyl (C=O) groups is 1. The van der Waals surface area contributed by atoms with Gasteiger partial charge in [-0.1, -0.05) is 31.2 Å². The van der Waals surface area contributed by atoms with Crippen LogP contribution in [0.4, 0.5) is 5.69 Å². The molecule has 0 bridgehead atoms. The number of rotatable bonds is 7. The monoisotopic (exact) mass is 480 g/mol. The minimum Gasteiger partial charge on any atom is -0.454 e. The molecule has 2 aliphatic rings. The molecule has 1 aliphatic heterocycles. The maximum Gasteiger partial charge on any atom is 0.240 e. The number of aryl methyl sites for hydroxylation is 1. The van der Waals surface area contributed by atoms with Crippen LogP contribution in [0.15, 0.2) is 65.6 Å². The van der Waals surface area contributed by atoms with Crippen LogP contribution in [0.2, 0.25) is 0 Å². The zero-order valence-electron chi connectivity index (χ0n) is 19.1. The summed E-state index contributed by atoms with van der Waals surface area (Å²) in [5.74, 6) is 1.33. The topological polar surface area (TPSA) is 93.7 Å². The number of benzene rings is 3. The van der Waals surface area contributed by atoms with E-state index >= 15 is 0 Å². The van der Waals surface area contributed by atoms with Gasteiger partial charge in [0.25, 0.3) is 0 Å². The number of sulfonamides is 1. The van der Waals surface area contributed by atoms with Crippen molar-refractivity contribution in [3.8, 4) is 22.6 Å². The molecular formula is C26H28N2O5S. The van der Waals surface area contributed by atoms with E-state index in [2.05, 4.69) is 17.0 Å². The molecule has 0 aromatic heterocycles. The first-order valence-corrected chi connectivity index (χ1v) is 12.7. The number of ether oxygens (including phenoxy) is 2. The number of carbonyl (C=O) groups excluding carboxylic acids is 1. The van der Waals surface area contributed by atoms with E-state index in [0.29, 0.717) is 17.2 Å². The molecule has 0 saturated heterocycles. The molecule has 34 heavy (non-hydrogen) atoms. The van der Waals surface area contributed by atoms with Gasteiger partial charge in [-0.2, -0.15) is 0 Å². The second kappa shape index (κ2) is 8.45. The maximum absolute atomic E-state index is 13.3. The summed E-state index contributed by atoms with van der Waals surface area (Å²) >= 11 is 0. The molecule has 1 fully saturated rings. The summed E-state index contributed by atoms with van der Waals surface area (Å²) in [5, 5.41) is 3.10. The predicted octanol–water partition coefficient (Wildman–Crippen LogP) is 4.47. The molecule has 3 aromatic rings. The van der Waals surface area contributed by atoms with Crippen LogP contribution in [0.3, 0.4) is 0 Å². The first-order valence-electron chi connectivity index (χ1n) is 11.2. The quantitative estimate of drug-likeness (QED) is 0.520. The first kappa shape index (κ1) is 22.4. The maximum atomic E-state index is 13.3. The van der Waals surface area contributed by atoms with E-state index < -0.39 is 15.4 Å². The van der Waals surface area contributed by atoms with Crippen molar-refractivity contribution in [1.82, 2.24) is 4.72 Å². The summed E-state index contributed by atoms with van der Waals surface area (Å²) in [5.41, 5.74) is 4.03. The Bertz CT molecular complexity index is 1370. The number of hydrogen-bond donors (Lipinski definition) is 2. The van der Waals surface area contributed by atoms with Crippen molar-refractivity contribution in [2.45, 2.75) is 36.5 Å². The van der Waals surface area contributed by atoms with Crippen molar-refractivity contribution in [3.63, 3.8) is 0 Å². The average Bonchev–Trinajstić information content (AvgIpc) is 3.55. The summed E-state index contributed by atoms with van der Waals surface area (Å²) in [6.07, 6.45) is 2.36. The minimum atomic E-state index is -3.50. The average molecular weight is 481 g/mol. The van der Waals surface area contributed by atoms with E-state index in [-0.39, 0.29) is 19.0 Å². The fraction of sp³-hybridized carbons (Fsp3) is 0.269. The van der Waals surface area contributed by atoms with Crippen molar-refractivity contribution >= 4 is 21.6 Å². The third-order valence-electron chi connectivity index (χ3n) is 6.60. The van der Waals surface area contributed by atoms with Gasteiger partial charge in [0.05, 0.1) is 10.3 Å². The van der Waals surface area contributed by atoms with Gasteiger partial charge in [0.2, 0.25) is 22.7 Å². The molecule has 1 saturated carbocycles. The lowest BCUT2D eigenvalue weighted by Gasteiger charge is -2.18. The van der Waals surface area contributed by atoms with Crippen molar-refractivity contribution in [2.24, 2.45) is 0 Å². The Labute approximate surface area is 200 Å². The Morgan fingerprint density at radius 3 is 2.41 bits per heavy atom. The zero-order valence-corrected chi connectivity index (χ0v) is 19.9. The van der Waals surface area contributed by atoms with Crippen LogP contribution in [0.5, 0.6) is 11.5 Å². The molecule has 1 aliphatic carbocycles. The highest BCUT2D eigenvalue weighted by atomic mass is 32.2. The SMILES string of the molecule is CCc1ccc(NC(=O)C2(c3ccc4c(c3)OCO4)CC2)cc1-c1ccc(S(=O)(=O)NC)cc1.[HH]. The molecule has 7 nitrogen and oxygen atoms in total. The molecular weight excluding hydrogens is 452 g/mol. The van der Waals surface area contributed by atoms with Gasteiger partial charge in [-0.05, 0) is 85.0 Å². The van der Waals surface area contributed by atoms with Gasteiger partial charge < -0.3 is 14.8 Å². The van der Waals surface area contributed by atoms with Gasteiger partial charge in [-0.25, -0.2) is 13.1 Å². The van der Waals surface area contributed by atoms with E-state index in [1.54, 1.807) is 24.3 Å². The number of fused-ring (bicyclic) bond motifs is 1. The normalized spacial score (nSPS) is 15.7. The van der Waals surface area contributed by atoms with Gasteiger partial charge in [0, 0.05) is 7.11 Å². The second-order valence-corrected chi connectivity index (χ2v) is 10.4. The Balaban J connectivity index is 0.00000289. The van der Waals surface area contributed by atoms with Crippen LogP contribution in [-0.2, 0) is 26.7 Å². The lowest BCUT2D eigenvalue weighted by molar-refractivity contribution is -0.118. The van der Waals surface area contributed by atoms with Gasteiger partial charge in [0.15, 0.2) is 11.5 Å². The van der Waals surface area contributed by atoms with Gasteiger partial charge >= 0.3 is 0 Å². The van der Waals surface area contributed by atoms with Crippen molar-refractivity contribution in [3.05, 3.63) is 71.8 Å². The van der Waals surface area contributed by atoms with Crippen molar-refractivity contribution < 1.29 is 24.1 Å². The van der Waals surface area contributed by atoms with E-state index in [1.165, 1.54) is 7.05 Å². The summed E-state index contributed by atoms with van der Waals surface area (Å²) in [6, 6.07) is 18.3. The molecule has 8 heteroatoms. The first-order chi connectivity index (χ1) is 16.4. The third-order valence-corrected chi connectivity index (χ3v) is 8.03. The predicted molar refractivity (Wildman–Crippen MR) is 132 cm³/mol. The van der Waals surface area contributed by atoms with E-state index in [0.717, 1.165) is 41.5 Å². The van der Waals surface area contributed by atoms with Gasteiger partial charge in [-0.3, -0.25) is 4.79 Å². The van der Waals surface area contributed by atoms with Gasteiger partial charge in [0.1, 0.15) is 0 Å². The third kappa shape index (κ3) is 3.93. The summed E-state index contributed by atoms with van der Waals surface area (Å²) in [6.45, 7) is 2.27. The smallest absolute Gasteiger partial charge is 0.240 e. The Kier molecular flexibility index (Phi) is 5.58. The highest BCUT2D eigenvalue weighted by Gasteiger charge is 2.51. The van der Waals surface area contributed by atoms with Crippen molar-refractivity contribution in [1.29, 1.82) is 0 Å². The molecule has 5 rings (SSSR count). The largest absolute Gasteiger partial charge is 0.454 e. The van der Waals surface area contributed by atoms with Crippen LogP contribution in [0, 0.1) is 0 Å². The molecule has 0 radical (unpaired) electrons. The highest BCUT2D eigenvalue weighted by molar-refractivity contribution is 7.89. The summed E-state index contributed by atoms with van der Waals surface area (Å²) in [4.78, 5) is 13.5. The van der Waals surface area contributed by atoms with E-state index in [1.807, 2.05) is 36.4 Å². The van der Waals surface area contributed by atoms with Crippen LogP contribution >= 0.6 is 0 Å². The Hall–Kier alpha value is -3.36. The van der Waals surface area contributed by atoms with E-state index in [9.17, 15) is 13.2 Å². The summed E-state index contributed by atoms with van der Waals surface area (Å²) in [7, 11) is -2.11. The van der Waals surface area contributed by atoms with Crippen LogP contribution in [-0.4, -0.2) is 28.2 Å². The lowest BCUT2D eigenvalue weighted by atomic mass is 9.93. The van der Waals surface area contributed by atoms with Crippen LogP contribution in [0.25, 0.3) is 11.1 Å². The molecule has 1 heterocycles. The van der Waals surface area contributed by atoms with E-state index in [4.69, 9.17) is 9.47 Å². The zero-order chi connectivity index (χ0) is 23.9. The molecule has 0 spiro atoms. The Morgan fingerprint density at radius 1 is 1.00 bits per heavy atom. The van der Waals surface area contributed by atoms with Crippen LogP contribution in [0.1, 0.15) is 32.3 Å². The molecule has 178 valence electrons. The fourth-order valence-corrected chi connectivity index (χ4v) is 5.11. The molecule has 0 atom stereocenters. The molecule has 1 amide bonds. The minimum absolute atomic E-state index is 0.